The predicted octanol–water partition coefficient (Wildman–Crippen LogP) is 1.53. The van der Waals surface area contributed by atoms with Crippen molar-refractivity contribution in [2.75, 3.05) is 6.54 Å². The van der Waals surface area contributed by atoms with E-state index in [1.165, 1.54) is 6.07 Å². The molecule has 5 heteroatoms. The van der Waals surface area contributed by atoms with E-state index in [1.807, 2.05) is 6.92 Å². The zero-order valence-electron chi connectivity index (χ0n) is 8.93. The first-order valence-corrected chi connectivity index (χ1v) is 4.96. The highest BCUT2D eigenvalue weighted by Crippen LogP contribution is 2.08. The third kappa shape index (κ3) is 3.63. The molecule has 0 fully saturated rings. The molecular formula is C10H15N3O2. The van der Waals surface area contributed by atoms with Crippen molar-refractivity contribution >= 4 is 5.82 Å². The lowest BCUT2D eigenvalue weighted by Crippen LogP contribution is -2.27. The van der Waals surface area contributed by atoms with Crippen LogP contribution in [0.15, 0.2) is 18.3 Å². The summed E-state index contributed by atoms with van der Waals surface area (Å²) in [4.78, 5) is 13.6. The Kier molecular flexibility index (Phi) is 4.17. The molecule has 0 amide bonds. The zero-order valence-corrected chi connectivity index (χ0v) is 8.93. The van der Waals surface area contributed by atoms with Crippen molar-refractivity contribution in [1.29, 1.82) is 0 Å². The minimum atomic E-state index is -0.489. The van der Waals surface area contributed by atoms with E-state index < -0.39 is 4.92 Å². The molecule has 0 radical (unpaired) electrons. The van der Waals surface area contributed by atoms with E-state index in [4.69, 9.17) is 0 Å². The fourth-order valence-electron chi connectivity index (χ4n) is 1.42. The Bertz CT molecular complexity index is 324. The number of hydrogen-bond acceptors (Lipinski definition) is 4. The molecule has 0 aromatic carbocycles. The van der Waals surface area contributed by atoms with E-state index >= 15 is 0 Å². The summed E-state index contributed by atoms with van der Waals surface area (Å²) in [5.41, 5.74) is 1.01. The van der Waals surface area contributed by atoms with Crippen molar-refractivity contribution in [2.45, 2.75) is 26.3 Å². The van der Waals surface area contributed by atoms with Crippen LogP contribution in [0.5, 0.6) is 0 Å². The van der Waals surface area contributed by atoms with Gasteiger partial charge in [0, 0.05) is 12.1 Å². The lowest BCUT2D eigenvalue weighted by Gasteiger charge is -2.10. The highest BCUT2D eigenvalue weighted by Gasteiger charge is 2.08. The normalized spacial score (nSPS) is 12.4. The zero-order chi connectivity index (χ0) is 11.3. The van der Waals surface area contributed by atoms with Gasteiger partial charge < -0.3 is 15.4 Å². The summed E-state index contributed by atoms with van der Waals surface area (Å²) in [5.74, 6) is -0.102. The monoisotopic (exact) mass is 209 g/mol. The van der Waals surface area contributed by atoms with Crippen molar-refractivity contribution < 1.29 is 4.92 Å². The first-order valence-electron chi connectivity index (χ1n) is 4.96. The Morgan fingerprint density at radius 3 is 2.80 bits per heavy atom. The minimum Gasteiger partial charge on any atom is -0.358 e. The molecule has 82 valence electrons. The molecule has 0 saturated carbocycles. The van der Waals surface area contributed by atoms with Crippen molar-refractivity contribution in [2.24, 2.45) is 0 Å². The summed E-state index contributed by atoms with van der Waals surface area (Å²) in [6.07, 6.45) is 2.39. The molecule has 1 aromatic heterocycles. The van der Waals surface area contributed by atoms with Crippen LogP contribution in [0.4, 0.5) is 5.82 Å². The number of nitrogens with one attached hydrogen (secondary N) is 1. The Hall–Kier alpha value is -1.49. The maximum atomic E-state index is 10.4. The molecule has 0 bridgehead atoms. The number of nitrogens with zero attached hydrogens (tertiary/aromatic N) is 2. The van der Waals surface area contributed by atoms with Crippen LogP contribution in [-0.4, -0.2) is 22.5 Å². The molecule has 0 aliphatic carbocycles. The molecular weight excluding hydrogens is 194 g/mol. The maximum Gasteiger partial charge on any atom is 0.363 e. The van der Waals surface area contributed by atoms with Gasteiger partial charge in [-0.25, -0.2) is 0 Å². The van der Waals surface area contributed by atoms with Crippen molar-refractivity contribution in [3.05, 3.63) is 34.0 Å². The van der Waals surface area contributed by atoms with Gasteiger partial charge in [-0.3, -0.25) is 0 Å². The van der Waals surface area contributed by atoms with E-state index in [0.29, 0.717) is 6.04 Å². The third-order valence-corrected chi connectivity index (χ3v) is 2.09. The van der Waals surface area contributed by atoms with Gasteiger partial charge in [0.15, 0.2) is 0 Å². The summed E-state index contributed by atoms with van der Waals surface area (Å²) < 4.78 is 0. The number of rotatable bonds is 5. The summed E-state index contributed by atoms with van der Waals surface area (Å²) >= 11 is 0. The number of nitro groups is 1. The largest absolute Gasteiger partial charge is 0.363 e. The average molecular weight is 209 g/mol. The Morgan fingerprint density at radius 2 is 2.33 bits per heavy atom. The van der Waals surface area contributed by atoms with Crippen LogP contribution in [0.25, 0.3) is 0 Å². The Labute approximate surface area is 88.7 Å². The van der Waals surface area contributed by atoms with Crippen LogP contribution < -0.4 is 5.32 Å². The minimum absolute atomic E-state index is 0.102. The van der Waals surface area contributed by atoms with Gasteiger partial charge in [0.2, 0.25) is 0 Å². The highest BCUT2D eigenvalue weighted by atomic mass is 16.6. The van der Waals surface area contributed by atoms with Crippen LogP contribution in [0.3, 0.4) is 0 Å². The van der Waals surface area contributed by atoms with E-state index in [9.17, 15) is 10.1 Å². The topological polar surface area (TPSA) is 68.1 Å². The number of likely N-dealkylation sites (N-methyl/N-ethyl adjacent to an activating group) is 1. The van der Waals surface area contributed by atoms with Gasteiger partial charge in [-0.05, 0) is 41.4 Å². The third-order valence-electron chi connectivity index (χ3n) is 2.09. The molecule has 1 unspecified atom stereocenters. The predicted molar refractivity (Wildman–Crippen MR) is 57.7 cm³/mol. The van der Waals surface area contributed by atoms with Gasteiger partial charge in [-0.1, -0.05) is 6.92 Å². The van der Waals surface area contributed by atoms with Crippen LogP contribution >= 0.6 is 0 Å². The maximum absolute atomic E-state index is 10.4. The molecule has 15 heavy (non-hydrogen) atoms. The number of hydrogen-bond donors (Lipinski definition) is 1. The first-order chi connectivity index (χ1) is 7.13. The van der Waals surface area contributed by atoms with E-state index in [2.05, 4.69) is 17.2 Å². The van der Waals surface area contributed by atoms with Gasteiger partial charge in [0.1, 0.15) is 6.20 Å². The first kappa shape index (κ1) is 11.6. The molecule has 1 heterocycles. The second kappa shape index (κ2) is 5.41. The van der Waals surface area contributed by atoms with Gasteiger partial charge in [0.25, 0.3) is 0 Å². The van der Waals surface area contributed by atoms with E-state index in [-0.39, 0.29) is 5.82 Å². The highest BCUT2D eigenvalue weighted by molar-refractivity contribution is 5.23. The van der Waals surface area contributed by atoms with Gasteiger partial charge in [0.05, 0.1) is 0 Å². The average Bonchev–Trinajstić information content (AvgIpc) is 2.18. The summed E-state index contributed by atoms with van der Waals surface area (Å²) in [5, 5.41) is 13.6. The lowest BCUT2D eigenvalue weighted by molar-refractivity contribution is -0.389. The Morgan fingerprint density at radius 1 is 1.60 bits per heavy atom. The van der Waals surface area contributed by atoms with Crippen molar-refractivity contribution in [1.82, 2.24) is 10.3 Å². The molecule has 1 aromatic rings. The van der Waals surface area contributed by atoms with Crippen LogP contribution in [-0.2, 0) is 6.42 Å². The summed E-state index contributed by atoms with van der Waals surface area (Å²) in [7, 11) is 0. The van der Waals surface area contributed by atoms with Gasteiger partial charge in [-0.15, -0.1) is 0 Å². The Balaban J connectivity index is 2.60. The molecule has 1 atom stereocenters. The fraction of sp³-hybridized carbons (Fsp3) is 0.500. The molecule has 1 N–H and O–H groups in total. The molecule has 0 saturated heterocycles. The van der Waals surface area contributed by atoms with Crippen molar-refractivity contribution in [3.8, 4) is 0 Å². The smallest absolute Gasteiger partial charge is 0.358 e. The van der Waals surface area contributed by atoms with Gasteiger partial charge >= 0.3 is 5.82 Å². The SMILES string of the molecule is CCNC(C)Cc1ccc([N+](=O)[O-])nc1. The number of aromatic nitrogens is 1. The number of pyridine rings is 1. The fourth-order valence-corrected chi connectivity index (χ4v) is 1.42. The van der Waals surface area contributed by atoms with E-state index in [1.54, 1.807) is 12.3 Å². The second-order valence-corrected chi connectivity index (χ2v) is 3.44. The summed E-state index contributed by atoms with van der Waals surface area (Å²) in [6.45, 7) is 5.04. The second-order valence-electron chi connectivity index (χ2n) is 3.44. The molecule has 0 aliphatic rings. The quantitative estimate of drug-likeness (QED) is 0.589. The molecule has 0 aliphatic heterocycles. The van der Waals surface area contributed by atoms with Gasteiger partial charge in [-0.2, -0.15) is 0 Å². The lowest BCUT2D eigenvalue weighted by atomic mass is 10.1. The van der Waals surface area contributed by atoms with Crippen LogP contribution in [0.2, 0.25) is 0 Å². The standard InChI is InChI=1S/C10H15N3O2/c1-3-11-8(2)6-9-4-5-10(12-7-9)13(14)15/h4-5,7-8,11H,3,6H2,1-2H3. The molecule has 5 nitrogen and oxygen atoms in total. The molecule has 1 rings (SSSR count). The van der Waals surface area contributed by atoms with Crippen LogP contribution in [0.1, 0.15) is 19.4 Å². The van der Waals surface area contributed by atoms with Crippen LogP contribution in [0, 0.1) is 10.1 Å². The summed E-state index contributed by atoms with van der Waals surface area (Å²) in [6, 6.07) is 3.55. The van der Waals surface area contributed by atoms with Crippen molar-refractivity contribution in [3.63, 3.8) is 0 Å². The van der Waals surface area contributed by atoms with E-state index in [0.717, 1.165) is 18.5 Å². The molecule has 0 spiro atoms.